The van der Waals surface area contributed by atoms with E-state index < -0.39 is 11.1 Å². The van der Waals surface area contributed by atoms with E-state index in [2.05, 4.69) is 22.6 Å². The zero-order valence-electron chi connectivity index (χ0n) is 8.97. The maximum absolute atomic E-state index is 11.2. The number of halogens is 1. The number of hydrogen-bond acceptors (Lipinski definition) is 1. The quantitative estimate of drug-likeness (QED) is 0.674. The van der Waals surface area contributed by atoms with Crippen molar-refractivity contribution in [1.82, 2.24) is 0 Å². The van der Waals surface area contributed by atoms with Gasteiger partial charge < -0.3 is 4.55 Å². The highest BCUT2D eigenvalue weighted by Gasteiger charge is 2.07. The van der Waals surface area contributed by atoms with E-state index in [9.17, 15) is 8.76 Å². The molecule has 0 saturated carbocycles. The van der Waals surface area contributed by atoms with Crippen LogP contribution in [0.3, 0.4) is 0 Å². The Labute approximate surface area is 116 Å². The summed E-state index contributed by atoms with van der Waals surface area (Å²) in [4.78, 5) is 0.492. The topological polar surface area (TPSA) is 37.3 Å². The summed E-state index contributed by atoms with van der Waals surface area (Å²) < 4.78 is 21.6. The third-order valence-corrected chi connectivity index (χ3v) is 3.96. The Kier molecular flexibility index (Phi) is 4.31. The molecule has 17 heavy (non-hydrogen) atoms. The summed E-state index contributed by atoms with van der Waals surface area (Å²) in [6, 6.07) is 15.4. The smallest absolute Gasteiger partial charge is 0.186 e. The van der Waals surface area contributed by atoms with E-state index in [0.717, 1.165) is 11.1 Å². The zero-order valence-corrected chi connectivity index (χ0v) is 11.9. The predicted molar refractivity (Wildman–Crippen MR) is 77.4 cm³/mol. The molecule has 1 unspecified atom stereocenters. The fourth-order valence-electron chi connectivity index (χ4n) is 1.64. The van der Waals surface area contributed by atoms with Gasteiger partial charge in [0.05, 0.1) is 4.90 Å². The molecule has 88 valence electrons. The minimum atomic E-state index is -1.92. The second kappa shape index (κ2) is 5.75. The minimum Gasteiger partial charge on any atom is -0.302 e. The number of rotatable bonds is 3. The van der Waals surface area contributed by atoms with Gasteiger partial charge >= 0.3 is 0 Å². The van der Waals surface area contributed by atoms with Crippen LogP contribution in [0.2, 0.25) is 0 Å². The van der Waals surface area contributed by atoms with Crippen LogP contribution in [0.15, 0.2) is 53.4 Å². The van der Waals surface area contributed by atoms with Gasteiger partial charge in [0.25, 0.3) is 0 Å². The van der Waals surface area contributed by atoms with Crippen LogP contribution in [-0.2, 0) is 17.5 Å². The van der Waals surface area contributed by atoms with E-state index in [-0.39, 0.29) is 0 Å². The Morgan fingerprint density at radius 2 is 1.71 bits per heavy atom. The summed E-state index contributed by atoms with van der Waals surface area (Å²) in [6.45, 7) is 0. The van der Waals surface area contributed by atoms with Crippen molar-refractivity contribution in [2.75, 3.05) is 0 Å². The third-order valence-electron chi connectivity index (χ3n) is 2.47. The molecule has 0 amide bonds. The lowest BCUT2D eigenvalue weighted by Gasteiger charge is -2.06. The molecule has 0 aliphatic carbocycles. The normalized spacial score (nSPS) is 12.4. The molecule has 0 heterocycles. The maximum Gasteiger partial charge on any atom is 0.186 e. The molecule has 2 aromatic carbocycles. The summed E-state index contributed by atoms with van der Waals surface area (Å²) in [5.41, 5.74) is 2.04. The van der Waals surface area contributed by atoms with Crippen molar-refractivity contribution in [2.45, 2.75) is 11.3 Å². The molecule has 2 aromatic rings. The largest absolute Gasteiger partial charge is 0.302 e. The monoisotopic (exact) mass is 358 g/mol. The van der Waals surface area contributed by atoms with Gasteiger partial charge in [-0.1, -0.05) is 30.3 Å². The standard InChI is InChI=1S/C13H11IO2S/c14-12-7-5-10(6-8-12)9-11-3-1-2-4-13(11)17(15)16/h1-8H,9H2,(H,15,16). The second-order valence-electron chi connectivity index (χ2n) is 3.66. The molecule has 0 saturated heterocycles. The van der Waals surface area contributed by atoms with E-state index in [1.54, 1.807) is 12.1 Å². The average molecular weight is 358 g/mol. The molecule has 0 bridgehead atoms. The first kappa shape index (κ1) is 12.7. The Morgan fingerprint density at radius 3 is 2.35 bits per heavy atom. The van der Waals surface area contributed by atoms with Gasteiger partial charge in [0.2, 0.25) is 0 Å². The van der Waals surface area contributed by atoms with Crippen molar-refractivity contribution in [3.63, 3.8) is 0 Å². The SMILES string of the molecule is O=S(O)c1ccccc1Cc1ccc(I)cc1. The van der Waals surface area contributed by atoms with Gasteiger partial charge in [0, 0.05) is 3.57 Å². The summed E-state index contributed by atoms with van der Waals surface area (Å²) in [5, 5.41) is 0. The third kappa shape index (κ3) is 3.37. The van der Waals surface area contributed by atoms with Crippen molar-refractivity contribution in [3.8, 4) is 0 Å². The van der Waals surface area contributed by atoms with Crippen molar-refractivity contribution in [3.05, 3.63) is 63.2 Å². The number of hydrogen-bond donors (Lipinski definition) is 1. The van der Waals surface area contributed by atoms with E-state index in [4.69, 9.17) is 0 Å². The van der Waals surface area contributed by atoms with Gasteiger partial charge in [-0.2, -0.15) is 0 Å². The summed E-state index contributed by atoms with van der Waals surface area (Å²) >= 11 is 0.336. The summed E-state index contributed by atoms with van der Waals surface area (Å²) in [7, 11) is 0. The molecule has 1 N–H and O–H groups in total. The lowest BCUT2D eigenvalue weighted by Crippen LogP contribution is -1.97. The molecule has 1 atom stereocenters. The molecule has 2 rings (SSSR count). The fourth-order valence-corrected chi connectivity index (χ4v) is 2.56. The zero-order chi connectivity index (χ0) is 12.3. The molecule has 2 nitrogen and oxygen atoms in total. The summed E-state index contributed by atoms with van der Waals surface area (Å²) in [6.07, 6.45) is 0.680. The van der Waals surface area contributed by atoms with Crippen LogP contribution in [-0.4, -0.2) is 8.76 Å². The van der Waals surface area contributed by atoms with Gasteiger partial charge in [-0.25, -0.2) is 4.21 Å². The van der Waals surface area contributed by atoms with Crippen molar-refractivity contribution >= 4 is 33.7 Å². The summed E-state index contributed by atoms with van der Waals surface area (Å²) in [5.74, 6) is 0. The van der Waals surface area contributed by atoms with Crippen LogP contribution >= 0.6 is 22.6 Å². The fraction of sp³-hybridized carbons (Fsp3) is 0.0769. The van der Waals surface area contributed by atoms with Crippen molar-refractivity contribution in [1.29, 1.82) is 0 Å². The number of benzene rings is 2. The first-order chi connectivity index (χ1) is 8.16. The van der Waals surface area contributed by atoms with Gasteiger partial charge in [0.15, 0.2) is 11.1 Å². The van der Waals surface area contributed by atoms with Crippen LogP contribution in [0.4, 0.5) is 0 Å². The Morgan fingerprint density at radius 1 is 1.06 bits per heavy atom. The molecule has 0 aliphatic heterocycles. The van der Waals surface area contributed by atoms with Crippen LogP contribution < -0.4 is 0 Å². The van der Waals surface area contributed by atoms with E-state index in [1.807, 2.05) is 36.4 Å². The van der Waals surface area contributed by atoms with E-state index in [1.165, 1.54) is 3.57 Å². The average Bonchev–Trinajstić information content (AvgIpc) is 2.32. The van der Waals surface area contributed by atoms with Crippen LogP contribution in [0.1, 0.15) is 11.1 Å². The first-order valence-electron chi connectivity index (χ1n) is 5.10. The molecule has 0 spiro atoms. The molecular weight excluding hydrogens is 347 g/mol. The lowest BCUT2D eigenvalue weighted by molar-refractivity contribution is 0.563. The molecule has 0 radical (unpaired) electrons. The van der Waals surface area contributed by atoms with Crippen molar-refractivity contribution in [2.24, 2.45) is 0 Å². The minimum absolute atomic E-state index is 0.492. The first-order valence-corrected chi connectivity index (χ1v) is 7.28. The highest BCUT2D eigenvalue weighted by atomic mass is 127. The molecule has 0 aliphatic rings. The molecular formula is C13H11IO2S. The van der Waals surface area contributed by atoms with Crippen LogP contribution in [0, 0.1) is 3.57 Å². The van der Waals surface area contributed by atoms with Crippen LogP contribution in [0.25, 0.3) is 0 Å². The maximum atomic E-state index is 11.2. The van der Waals surface area contributed by atoms with Gasteiger partial charge in [0.1, 0.15) is 0 Å². The van der Waals surface area contributed by atoms with Crippen LogP contribution in [0.5, 0.6) is 0 Å². The Hall–Kier alpha value is -0.720. The Balaban J connectivity index is 2.30. The second-order valence-corrected chi connectivity index (χ2v) is 5.84. The highest BCUT2D eigenvalue weighted by Crippen LogP contribution is 2.17. The molecule has 4 heteroatoms. The van der Waals surface area contributed by atoms with Gasteiger partial charge in [-0.3, -0.25) is 0 Å². The van der Waals surface area contributed by atoms with Gasteiger partial charge in [-0.05, 0) is 58.3 Å². The molecule has 0 aromatic heterocycles. The van der Waals surface area contributed by atoms with E-state index in [0.29, 0.717) is 11.3 Å². The Bertz CT molecular complexity index is 537. The predicted octanol–water partition coefficient (Wildman–Crippen LogP) is 3.46. The van der Waals surface area contributed by atoms with Gasteiger partial charge in [-0.15, -0.1) is 0 Å². The lowest BCUT2D eigenvalue weighted by atomic mass is 10.1. The highest BCUT2D eigenvalue weighted by molar-refractivity contribution is 14.1. The van der Waals surface area contributed by atoms with E-state index >= 15 is 0 Å². The van der Waals surface area contributed by atoms with Crippen molar-refractivity contribution < 1.29 is 8.76 Å². The molecule has 0 fully saturated rings.